The lowest BCUT2D eigenvalue weighted by Crippen LogP contribution is -2.44. The number of ether oxygens (including phenoxy) is 1. The first-order chi connectivity index (χ1) is 9.34. The molecule has 0 aromatic heterocycles. The molecule has 2 saturated heterocycles. The molecular weight excluding hydrogens is 278 g/mol. The molecule has 0 aromatic carbocycles. The fraction of sp³-hybridized carbons (Fsp3) is 0.929. The summed E-state index contributed by atoms with van der Waals surface area (Å²) < 4.78 is 5.57. The zero-order valence-corrected chi connectivity index (χ0v) is 13.1. The average molecular weight is 306 g/mol. The van der Waals surface area contributed by atoms with Crippen LogP contribution < -0.4 is 10.6 Å². The van der Waals surface area contributed by atoms with Gasteiger partial charge in [-0.3, -0.25) is 4.79 Å². The van der Waals surface area contributed by atoms with Gasteiger partial charge in [-0.2, -0.15) is 0 Å². The van der Waals surface area contributed by atoms with Crippen molar-refractivity contribution in [3.05, 3.63) is 0 Å². The number of nitrogens with zero attached hydrogens (tertiary/aromatic N) is 1. The average Bonchev–Trinajstić information content (AvgIpc) is 2.46. The molecule has 2 heterocycles. The number of nitrogens with one attached hydrogen (secondary N) is 2. The summed E-state index contributed by atoms with van der Waals surface area (Å²) in [6, 6.07) is 0. The first-order valence-electron chi connectivity index (χ1n) is 7.66. The van der Waals surface area contributed by atoms with Gasteiger partial charge in [-0.15, -0.1) is 12.4 Å². The van der Waals surface area contributed by atoms with Crippen molar-refractivity contribution < 1.29 is 9.53 Å². The Labute approximate surface area is 128 Å². The Balaban J connectivity index is 0.00000200. The summed E-state index contributed by atoms with van der Waals surface area (Å²) in [7, 11) is 0. The van der Waals surface area contributed by atoms with Gasteiger partial charge in [0.15, 0.2) is 0 Å². The van der Waals surface area contributed by atoms with E-state index in [4.69, 9.17) is 4.74 Å². The fourth-order valence-corrected chi connectivity index (χ4v) is 2.71. The van der Waals surface area contributed by atoms with Crippen LogP contribution in [0, 0.1) is 0 Å². The van der Waals surface area contributed by atoms with Gasteiger partial charge in [-0.25, -0.2) is 0 Å². The summed E-state index contributed by atoms with van der Waals surface area (Å²) in [5.41, 5.74) is 0. The maximum absolute atomic E-state index is 11.7. The number of hydrogen-bond donors (Lipinski definition) is 2. The van der Waals surface area contributed by atoms with E-state index < -0.39 is 0 Å². The smallest absolute Gasteiger partial charge is 0.222 e. The third-order valence-corrected chi connectivity index (χ3v) is 3.87. The lowest BCUT2D eigenvalue weighted by molar-refractivity contribution is -0.124. The van der Waals surface area contributed by atoms with Gasteiger partial charge in [0.05, 0.1) is 12.5 Å². The lowest BCUT2D eigenvalue weighted by Gasteiger charge is -2.27. The fourth-order valence-electron chi connectivity index (χ4n) is 2.71. The maximum atomic E-state index is 11.7. The van der Waals surface area contributed by atoms with E-state index in [9.17, 15) is 4.79 Å². The molecular formula is C14H28ClN3O2. The molecule has 2 aliphatic rings. The number of halogens is 1. The van der Waals surface area contributed by atoms with E-state index in [1.54, 1.807) is 0 Å². The van der Waals surface area contributed by atoms with E-state index in [0.717, 1.165) is 65.1 Å². The molecule has 0 radical (unpaired) electrons. The number of rotatable bonds is 6. The van der Waals surface area contributed by atoms with Crippen LogP contribution in [0.1, 0.15) is 32.1 Å². The number of carbonyl (C=O) groups is 1. The standard InChI is InChI=1S/C14H27N3O2.ClH/c18-14(12-13-4-1-2-11-19-13)16-5-3-8-17-9-6-15-7-10-17;/h13,15H,1-12H2,(H,16,18);1H. The molecule has 2 fully saturated rings. The van der Waals surface area contributed by atoms with Crippen molar-refractivity contribution in [1.29, 1.82) is 0 Å². The highest BCUT2D eigenvalue weighted by molar-refractivity contribution is 5.85. The third-order valence-electron chi connectivity index (χ3n) is 3.87. The number of amides is 1. The first kappa shape index (κ1) is 17.7. The minimum absolute atomic E-state index is 0. The third kappa shape index (κ3) is 6.88. The summed E-state index contributed by atoms with van der Waals surface area (Å²) in [6.07, 6.45) is 5.10. The maximum Gasteiger partial charge on any atom is 0.222 e. The van der Waals surface area contributed by atoms with Crippen molar-refractivity contribution in [2.24, 2.45) is 0 Å². The predicted octanol–water partition coefficient (Wildman–Crippen LogP) is 0.779. The normalized spacial score (nSPS) is 23.9. The van der Waals surface area contributed by atoms with Crippen LogP contribution in [0.5, 0.6) is 0 Å². The first-order valence-corrected chi connectivity index (χ1v) is 7.66. The molecule has 118 valence electrons. The number of hydrogen-bond acceptors (Lipinski definition) is 4. The van der Waals surface area contributed by atoms with Gasteiger partial charge in [0.1, 0.15) is 0 Å². The second-order valence-corrected chi connectivity index (χ2v) is 5.49. The Morgan fingerprint density at radius 1 is 1.30 bits per heavy atom. The van der Waals surface area contributed by atoms with Crippen LogP contribution in [-0.4, -0.2) is 62.8 Å². The Hall–Kier alpha value is -0.360. The highest BCUT2D eigenvalue weighted by Gasteiger charge is 2.17. The van der Waals surface area contributed by atoms with Gasteiger partial charge in [0, 0.05) is 39.3 Å². The molecule has 0 saturated carbocycles. The van der Waals surface area contributed by atoms with E-state index in [1.807, 2.05) is 0 Å². The largest absolute Gasteiger partial charge is 0.378 e. The van der Waals surface area contributed by atoms with Gasteiger partial charge in [-0.1, -0.05) is 0 Å². The van der Waals surface area contributed by atoms with Crippen molar-refractivity contribution >= 4 is 18.3 Å². The summed E-state index contributed by atoms with van der Waals surface area (Å²) >= 11 is 0. The number of carbonyl (C=O) groups excluding carboxylic acids is 1. The summed E-state index contributed by atoms with van der Waals surface area (Å²) in [6.45, 7) is 7.13. The van der Waals surface area contributed by atoms with Crippen molar-refractivity contribution in [2.75, 3.05) is 45.9 Å². The van der Waals surface area contributed by atoms with Gasteiger partial charge < -0.3 is 20.3 Å². The minimum Gasteiger partial charge on any atom is -0.378 e. The molecule has 0 aliphatic carbocycles. The quantitative estimate of drug-likeness (QED) is 0.712. The van der Waals surface area contributed by atoms with Crippen molar-refractivity contribution in [1.82, 2.24) is 15.5 Å². The van der Waals surface area contributed by atoms with Crippen LogP contribution in [-0.2, 0) is 9.53 Å². The Kier molecular flexibility index (Phi) is 9.18. The van der Waals surface area contributed by atoms with Gasteiger partial charge in [0.2, 0.25) is 5.91 Å². The van der Waals surface area contributed by atoms with Crippen molar-refractivity contribution in [2.45, 2.75) is 38.2 Å². The Morgan fingerprint density at radius 3 is 2.80 bits per heavy atom. The molecule has 1 unspecified atom stereocenters. The zero-order chi connectivity index (χ0) is 13.3. The summed E-state index contributed by atoms with van der Waals surface area (Å²) in [5, 5.41) is 6.35. The van der Waals surface area contributed by atoms with E-state index in [0.29, 0.717) is 6.42 Å². The van der Waals surface area contributed by atoms with Crippen LogP contribution in [0.15, 0.2) is 0 Å². The molecule has 1 atom stereocenters. The van der Waals surface area contributed by atoms with Gasteiger partial charge in [0.25, 0.3) is 0 Å². The second kappa shape index (κ2) is 10.4. The molecule has 0 bridgehead atoms. The summed E-state index contributed by atoms with van der Waals surface area (Å²) in [5.74, 6) is 0.146. The topological polar surface area (TPSA) is 53.6 Å². The van der Waals surface area contributed by atoms with Gasteiger partial charge >= 0.3 is 0 Å². The monoisotopic (exact) mass is 305 g/mol. The Bertz CT molecular complexity index is 267. The van der Waals surface area contributed by atoms with E-state index in [-0.39, 0.29) is 24.4 Å². The molecule has 2 rings (SSSR count). The molecule has 1 amide bonds. The van der Waals surface area contributed by atoms with Crippen molar-refractivity contribution in [3.63, 3.8) is 0 Å². The molecule has 0 spiro atoms. The second-order valence-electron chi connectivity index (χ2n) is 5.49. The van der Waals surface area contributed by atoms with Crippen molar-refractivity contribution in [3.8, 4) is 0 Å². The highest BCUT2D eigenvalue weighted by Crippen LogP contribution is 2.15. The SMILES string of the molecule is Cl.O=C(CC1CCCCO1)NCCCN1CCNCC1. The predicted molar refractivity (Wildman–Crippen MR) is 82.4 cm³/mol. The molecule has 0 aromatic rings. The molecule has 6 heteroatoms. The van der Waals surface area contributed by atoms with Crippen LogP contribution in [0.3, 0.4) is 0 Å². The zero-order valence-electron chi connectivity index (χ0n) is 12.2. The number of piperazine rings is 1. The van der Waals surface area contributed by atoms with Crippen LogP contribution in [0.2, 0.25) is 0 Å². The molecule has 2 aliphatic heterocycles. The van der Waals surface area contributed by atoms with Crippen LogP contribution in [0.4, 0.5) is 0 Å². The highest BCUT2D eigenvalue weighted by atomic mass is 35.5. The van der Waals surface area contributed by atoms with Gasteiger partial charge in [-0.05, 0) is 32.2 Å². The Morgan fingerprint density at radius 2 is 2.10 bits per heavy atom. The van der Waals surface area contributed by atoms with E-state index >= 15 is 0 Å². The minimum atomic E-state index is 0. The molecule has 2 N–H and O–H groups in total. The van der Waals surface area contributed by atoms with E-state index in [2.05, 4.69) is 15.5 Å². The summed E-state index contributed by atoms with van der Waals surface area (Å²) in [4.78, 5) is 14.2. The molecule has 20 heavy (non-hydrogen) atoms. The van der Waals surface area contributed by atoms with Crippen LogP contribution >= 0.6 is 12.4 Å². The molecule has 5 nitrogen and oxygen atoms in total. The lowest BCUT2D eigenvalue weighted by atomic mass is 10.1. The van der Waals surface area contributed by atoms with Crippen LogP contribution in [0.25, 0.3) is 0 Å². The van der Waals surface area contributed by atoms with E-state index in [1.165, 1.54) is 6.42 Å².